The van der Waals surface area contributed by atoms with Crippen molar-refractivity contribution in [1.29, 1.82) is 0 Å². The lowest BCUT2D eigenvalue weighted by atomic mass is 9.44. The molecule has 0 bridgehead atoms. The van der Waals surface area contributed by atoms with Crippen molar-refractivity contribution in [3.63, 3.8) is 0 Å². The molecule has 0 amide bonds. The predicted molar refractivity (Wildman–Crippen MR) is 93.3 cm³/mol. The number of ether oxygens (including phenoxy) is 1. The van der Waals surface area contributed by atoms with Crippen LogP contribution in [-0.2, 0) is 9.53 Å². The summed E-state index contributed by atoms with van der Waals surface area (Å²) in [6.45, 7) is 6.49. The first-order valence-corrected chi connectivity index (χ1v) is 10.2. The lowest BCUT2D eigenvalue weighted by molar-refractivity contribution is -0.178. The van der Waals surface area contributed by atoms with E-state index in [4.69, 9.17) is 4.74 Å². The van der Waals surface area contributed by atoms with Crippen LogP contribution in [0.1, 0.15) is 78.6 Å². The van der Waals surface area contributed by atoms with E-state index in [1.54, 1.807) is 0 Å². The summed E-state index contributed by atoms with van der Waals surface area (Å²) in [6.07, 6.45) is 10.7. The highest BCUT2D eigenvalue weighted by molar-refractivity contribution is 5.66. The summed E-state index contributed by atoms with van der Waals surface area (Å²) in [5.41, 5.74) is 0.824. The van der Waals surface area contributed by atoms with E-state index in [0.29, 0.717) is 28.6 Å². The number of hydrogen-bond donors (Lipinski definition) is 1. The third kappa shape index (κ3) is 2.45. The number of fused-ring (bicyclic) bond motifs is 5. The summed E-state index contributed by atoms with van der Waals surface area (Å²) < 4.78 is 5.52. The Kier molecular flexibility index (Phi) is 4.02. The van der Waals surface area contributed by atoms with E-state index in [1.807, 2.05) is 0 Å². The van der Waals surface area contributed by atoms with E-state index in [2.05, 4.69) is 13.8 Å². The molecule has 8 atom stereocenters. The molecule has 3 heteroatoms. The average Bonchev–Trinajstić information content (AvgIpc) is 2.90. The number of esters is 1. The van der Waals surface area contributed by atoms with Gasteiger partial charge in [-0.1, -0.05) is 20.3 Å². The molecule has 0 aromatic carbocycles. The maximum atomic E-state index is 11.3. The van der Waals surface area contributed by atoms with E-state index < -0.39 is 0 Å². The minimum absolute atomic E-state index is 0.0738. The summed E-state index contributed by atoms with van der Waals surface area (Å²) in [6, 6.07) is 0. The largest absolute Gasteiger partial charge is 0.463 e. The molecule has 0 aromatic heterocycles. The Morgan fingerprint density at radius 3 is 2.58 bits per heavy atom. The fourth-order valence-corrected chi connectivity index (χ4v) is 7.52. The lowest BCUT2D eigenvalue weighted by Crippen LogP contribution is -2.58. The standard InChI is InChI=1S/C21H34O3/c1-13(22)24-15-6-10-21(3)14(11-15)12-18(23)19-16-5-4-8-20(16,2)9-7-17(19)21/h14-19,23H,4-12H2,1-3H3/t14-,15-,16+,17+,18+,19+,20+,21+/m1/s1. The molecule has 0 aliphatic heterocycles. The first-order valence-electron chi connectivity index (χ1n) is 10.2. The highest BCUT2D eigenvalue weighted by Crippen LogP contribution is 2.66. The van der Waals surface area contributed by atoms with Crippen molar-refractivity contribution in [3.8, 4) is 0 Å². The molecular weight excluding hydrogens is 300 g/mol. The van der Waals surface area contributed by atoms with Gasteiger partial charge in [-0.2, -0.15) is 0 Å². The van der Waals surface area contributed by atoms with Gasteiger partial charge in [-0.15, -0.1) is 0 Å². The number of aliphatic hydroxyl groups is 1. The summed E-state index contributed by atoms with van der Waals surface area (Å²) >= 11 is 0. The molecule has 0 heterocycles. The first-order chi connectivity index (χ1) is 11.3. The zero-order valence-electron chi connectivity index (χ0n) is 15.6. The monoisotopic (exact) mass is 334 g/mol. The quantitative estimate of drug-likeness (QED) is 0.726. The molecule has 0 unspecified atom stereocenters. The number of hydrogen-bond acceptors (Lipinski definition) is 3. The Labute approximate surface area is 146 Å². The van der Waals surface area contributed by atoms with E-state index in [9.17, 15) is 9.90 Å². The smallest absolute Gasteiger partial charge is 0.302 e. The molecule has 0 aromatic rings. The molecule has 0 spiro atoms. The zero-order chi connectivity index (χ0) is 17.1. The number of rotatable bonds is 1. The molecule has 0 radical (unpaired) electrons. The molecule has 136 valence electrons. The Morgan fingerprint density at radius 1 is 1.04 bits per heavy atom. The average molecular weight is 335 g/mol. The minimum atomic E-state index is -0.155. The molecule has 0 saturated heterocycles. The van der Waals surface area contributed by atoms with Crippen LogP contribution in [0.15, 0.2) is 0 Å². The second-order valence-corrected chi connectivity index (χ2v) is 9.89. The highest BCUT2D eigenvalue weighted by Gasteiger charge is 2.60. The summed E-state index contributed by atoms with van der Waals surface area (Å²) in [4.78, 5) is 11.3. The summed E-state index contributed by atoms with van der Waals surface area (Å²) in [5, 5.41) is 11.1. The van der Waals surface area contributed by atoms with Gasteiger partial charge in [0.2, 0.25) is 0 Å². The fraction of sp³-hybridized carbons (Fsp3) is 0.952. The molecule has 1 N–H and O–H groups in total. The van der Waals surface area contributed by atoms with Gasteiger partial charge in [0.15, 0.2) is 0 Å². The van der Waals surface area contributed by atoms with Crippen LogP contribution in [0.2, 0.25) is 0 Å². The Hall–Kier alpha value is -0.570. The summed E-state index contributed by atoms with van der Waals surface area (Å²) in [7, 11) is 0. The highest BCUT2D eigenvalue weighted by atomic mass is 16.5. The van der Waals surface area contributed by atoms with Crippen molar-refractivity contribution in [1.82, 2.24) is 0 Å². The van der Waals surface area contributed by atoms with Gasteiger partial charge < -0.3 is 9.84 Å². The minimum Gasteiger partial charge on any atom is -0.463 e. The van der Waals surface area contributed by atoms with Gasteiger partial charge in [-0.05, 0) is 85.9 Å². The Bertz CT molecular complexity index is 517. The topological polar surface area (TPSA) is 46.5 Å². The van der Waals surface area contributed by atoms with E-state index in [-0.39, 0.29) is 18.2 Å². The van der Waals surface area contributed by atoms with Gasteiger partial charge in [0.25, 0.3) is 0 Å². The van der Waals surface area contributed by atoms with E-state index in [1.165, 1.54) is 39.0 Å². The molecule has 4 saturated carbocycles. The maximum absolute atomic E-state index is 11.3. The van der Waals surface area contributed by atoms with Crippen LogP contribution < -0.4 is 0 Å². The number of carbonyl (C=O) groups excluding carboxylic acids is 1. The van der Waals surface area contributed by atoms with Crippen LogP contribution in [-0.4, -0.2) is 23.3 Å². The van der Waals surface area contributed by atoms with Crippen molar-refractivity contribution in [3.05, 3.63) is 0 Å². The molecule has 4 rings (SSSR count). The molecule has 4 aliphatic carbocycles. The van der Waals surface area contributed by atoms with E-state index >= 15 is 0 Å². The van der Waals surface area contributed by atoms with Crippen LogP contribution >= 0.6 is 0 Å². The molecule has 4 aliphatic rings. The van der Waals surface area contributed by atoms with Gasteiger partial charge in [-0.3, -0.25) is 4.79 Å². The second kappa shape index (κ2) is 5.72. The third-order valence-corrected chi connectivity index (χ3v) is 8.75. The molecule has 24 heavy (non-hydrogen) atoms. The van der Waals surface area contributed by atoms with Gasteiger partial charge in [0.1, 0.15) is 6.10 Å². The predicted octanol–water partition coefficient (Wildman–Crippen LogP) is 4.32. The van der Waals surface area contributed by atoms with Gasteiger partial charge in [-0.25, -0.2) is 0 Å². The van der Waals surface area contributed by atoms with Crippen LogP contribution in [0.4, 0.5) is 0 Å². The van der Waals surface area contributed by atoms with Crippen molar-refractivity contribution < 1.29 is 14.6 Å². The van der Waals surface area contributed by atoms with Crippen molar-refractivity contribution >= 4 is 5.97 Å². The van der Waals surface area contributed by atoms with Crippen LogP contribution in [0.3, 0.4) is 0 Å². The second-order valence-electron chi connectivity index (χ2n) is 9.89. The number of carbonyl (C=O) groups is 1. The summed E-state index contributed by atoms with van der Waals surface area (Å²) in [5.74, 6) is 2.27. The van der Waals surface area contributed by atoms with E-state index in [0.717, 1.165) is 31.6 Å². The SMILES string of the molecule is CC(=O)O[C@@H]1CC[C@@]2(C)[C@H](C1)C[C@H](O)[C@H]1[C@@H]3CCC[C@@]3(C)CC[C@@H]12. The van der Waals surface area contributed by atoms with Crippen molar-refractivity contribution in [2.45, 2.75) is 90.8 Å². The molecule has 4 fully saturated rings. The van der Waals surface area contributed by atoms with Crippen LogP contribution in [0.25, 0.3) is 0 Å². The first kappa shape index (κ1) is 16.9. The number of aliphatic hydroxyl groups excluding tert-OH is 1. The lowest BCUT2D eigenvalue weighted by Gasteiger charge is -2.61. The maximum Gasteiger partial charge on any atom is 0.302 e. The molecular formula is C21H34O3. The van der Waals surface area contributed by atoms with Crippen molar-refractivity contribution in [2.75, 3.05) is 0 Å². The third-order valence-electron chi connectivity index (χ3n) is 8.75. The Morgan fingerprint density at radius 2 is 1.83 bits per heavy atom. The normalized spacial score (nSPS) is 53.7. The van der Waals surface area contributed by atoms with Gasteiger partial charge in [0.05, 0.1) is 6.10 Å². The van der Waals surface area contributed by atoms with Gasteiger partial charge >= 0.3 is 5.97 Å². The van der Waals surface area contributed by atoms with Crippen molar-refractivity contribution in [2.24, 2.45) is 34.5 Å². The van der Waals surface area contributed by atoms with Crippen LogP contribution in [0.5, 0.6) is 0 Å². The Balaban J connectivity index is 1.58. The zero-order valence-corrected chi connectivity index (χ0v) is 15.6. The van der Waals surface area contributed by atoms with Gasteiger partial charge in [0, 0.05) is 6.92 Å². The van der Waals surface area contributed by atoms with Crippen LogP contribution in [0, 0.1) is 34.5 Å². The fourth-order valence-electron chi connectivity index (χ4n) is 7.52. The molecule has 3 nitrogen and oxygen atoms in total.